The minimum absolute atomic E-state index is 0.482. The Morgan fingerprint density at radius 1 is 1.21 bits per heavy atom. The monoisotopic (exact) mass is 274 g/mol. The van der Waals surface area contributed by atoms with E-state index < -0.39 is 5.60 Å². The van der Waals surface area contributed by atoms with Crippen molar-refractivity contribution in [3.63, 3.8) is 0 Å². The first-order chi connectivity index (χ1) is 9.11. The lowest BCUT2D eigenvalue weighted by Crippen LogP contribution is -2.35. The van der Waals surface area contributed by atoms with Gasteiger partial charge in [0.1, 0.15) is 0 Å². The Bertz CT molecular complexity index is 437. The summed E-state index contributed by atoms with van der Waals surface area (Å²) in [6, 6.07) is 10.1. The lowest BCUT2D eigenvalue weighted by Gasteiger charge is -2.36. The molecular formula is C17H26OSi. The molecule has 1 N–H and O–H groups in total. The third-order valence-corrected chi connectivity index (χ3v) is 6.04. The molecule has 2 aliphatic rings. The Balaban J connectivity index is 1.79. The molecule has 2 heteroatoms. The van der Waals surface area contributed by atoms with Gasteiger partial charge < -0.3 is 5.11 Å². The van der Waals surface area contributed by atoms with E-state index in [4.69, 9.17) is 0 Å². The van der Waals surface area contributed by atoms with Crippen molar-refractivity contribution in [1.82, 2.24) is 0 Å². The minimum Gasteiger partial charge on any atom is -0.385 e. The molecule has 3 rings (SSSR count). The van der Waals surface area contributed by atoms with Crippen LogP contribution in [0, 0.1) is 17.8 Å². The lowest BCUT2D eigenvalue weighted by molar-refractivity contribution is -0.0297. The fourth-order valence-electron chi connectivity index (χ4n) is 4.44. The van der Waals surface area contributed by atoms with Gasteiger partial charge >= 0.3 is 0 Å². The molecule has 19 heavy (non-hydrogen) atoms. The smallest absolute Gasteiger partial charge is 0.0899 e. The minimum atomic E-state index is -0.626. The summed E-state index contributed by atoms with van der Waals surface area (Å²) in [6.45, 7) is 2.04. The van der Waals surface area contributed by atoms with Crippen LogP contribution in [0.25, 0.3) is 0 Å². The van der Waals surface area contributed by atoms with Crippen LogP contribution >= 0.6 is 0 Å². The number of aryl methyl sites for hydroxylation is 1. The highest BCUT2D eigenvalue weighted by Crippen LogP contribution is 2.54. The quantitative estimate of drug-likeness (QED) is 0.837. The van der Waals surface area contributed by atoms with Crippen LogP contribution in [0.1, 0.15) is 43.7 Å². The van der Waals surface area contributed by atoms with Gasteiger partial charge in [-0.15, -0.1) is 0 Å². The predicted molar refractivity (Wildman–Crippen MR) is 83.4 cm³/mol. The van der Waals surface area contributed by atoms with Gasteiger partial charge in [0, 0.05) is 10.2 Å². The molecule has 1 nitrogen and oxygen atoms in total. The van der Waals surface area contributed by atoms with E-state index in [1.165, 1.54) is 54.0 Å². The van der Waals surface area contributed by atoms with E-state index in [2.05, 4.69) is 24.3 Å². The number of benzene rings is 1. The number of aliphatic hydroxyl groups is 1. The van der Waals surface area contributed by atoms with Gasteiger partial charge in [0.15, 0.2) is 0 Å². The second kappa shape index (κ2) is 5.06. The Kier molecular flexibility index (Phi) is 3.57. The van der Waals surface area contributed by atoms with Crippen molar-refractivity contribution in [2.45, 2.75) is 50.7 Å². The second-order valence-electron chi connectivity index (χ2n) is 6.88. The molecule has 0 saturated heterocycles. The van der Waals surface area contributed by atoms with Gasteiger partial charge in [-0.05, 0) is 61.5 Å². The molecular weight excluding hydrogens is 248 g/mol. The highest BCUT2D eigenvalue weighted by Gasteiger charge is 2.48. The Morgan fingerprint density at radius 2 is 1.95 bits per heavy atom. The van der Waals surface area contributed by atoms with E-state index in [1.807, 2.05) is 6.92 Å². The van der Waals surface area contributed by atoms with E-state index in [0.717, 1.165) is 17.4 Å². The van der Waals surface area contributed by atoms with Gasteiger partial charge in [0.25, 0.3) is 0 Å². The van der Waals surface area contributed by atoms with Crippen LogP contribution < -0.4 is 0 Å². The molecule has 1 aromatic carbocycles. The molecule has 1 aromatic rings. The van der Waals surface area contributed by atoms with Crippen LogP contribution in [-0.4, -0.2) is 15.3 Å². The number of rotatable bonds is 4. The molecule has 2 bridgehead atoms. The van der Waals surface area contributed by atoms with Crippen molar-refractivity contribution < 1.29 is 5.11 Å². The lowest BCUT2D eigenvalue weighted by atomic mass is 9.74. The van der Waals surface area contributed by atoms with Crippen LogP contribution in [-0.2, 0) is 12.0 Å². The molecule has 0 heterocycles. The van der Waals surface area contributed by atoms with Gasteiger partial charge in [-0.2, -0.15) is 0 Å². The number of fused-ring (bicyclic) bond motifs is 2. The molecule has 0 radical (unpaired) electrons. The summed E-state index contributed by atoms with van der Waals surface area (Å²) in [4.78, 5) is 0. The zero-order chi connectivity index (χ0) is 13.5. The van der Waals surface area contributed by atoms with Gasteiger partial charge in [-0.1, -0.05) is 36.7 Å². The topological polar surface area (TPSA) is 20.2 Å². The standard InChI is InChI=1S/C17H26OSi/c1-17(18,16-11-13-2-5-14(16)10-13)15-6-3-12(4-7-15)8-9-19/h3-4,6-7,13-14,16,18H,2,5,8-11H2,1,19H3. The zero-order valence-electron chi connectivity index (χ0n) is 12.2. The van der Waals surface area contributed by atoms with Crippen molar-refractivity contribution in [3.8, 4) is 0 Å². The average molecular weight is 274 g/mol. The molecule has 104 valence electrons. The highest BCUT2D eigenvalue weighted by atomic mass is 28.1. The number of hydrogen-bond donors (Lipinski definition) is 1. The normalized spacial score (nSPS) is 32.6. The molecule has 2 saturated carbocycles. The first kappa shape index (κ1) is 13.4. The maximum absolute atomic E-state index is 11.0. The number of hydrogen-bond acceptors (Lipinski definition) is 1. The molecule has 4 unspecified atom stereocenters. The predicted octanol–water partition coefficient (Wildman–Crippen LogP) is 2.66. The summed E-state index contributed by atoms with van der Waals surface area (Å²) in [5, 5.41) is 11.0. The summed E-state index contributed by atoms with van der Waals surface area (Å²) < 4.78 is 0. The average Bonchev–Trinajstić information content (AvgIpc) is 3.02. The van der Waals surface area contributed by atoms with Gasteiger partial charge in [0.05, 0.1) is 5.60 Å². The van der Waals surface area contributed by atoms with Crippen molar-refractivity contribution in [2.75, 3.05) is 0 Å². The van der Waals surface area contributed by atoms with Crippen LogP contribution in [0.3, 0.4) is 0 Å². The first-order valence-electron chi connectivity index (χ1n) is 7.93. The van der Waals surface area contributed by atoms with Crippen molar-refractivity contribution in [2.24, 2.45) is 17.8 Å². The van der Waals surface area contributed by atoms with E-state index >= 15 is 0 Å². The van der Waals surface area contributed by atoms with Gasteiger partial charge in [-0.25, -0.2) is 0 Å². The fraction of sp³-hybridized carbons (Fsp3) is 0.647. The van der Waals surface area contributed by atoms with Crippen molar-refractivity contribution in [1.29, 1.82) is 0 Å². The molecule has 2 aliphatic carbocycles. The first-order valence-corrected chi connectivity index (χ1v) is 9.34. The molecule has 0 aliphatic heterocycles. The Morgan fingerprint density at radius 3 is 2.47 bits per heavy atom. The summed E-state index contributed by atoms with van der Waals surface area (Å²) in [6.07, 6.45) is 6.53. The van der Waals surface area contributed by atoms with Crippen LogP contribution in [0.2, 0.25) is 6.04 Å². The van der Waals surface area contributed by atoms with E-state index in [-0.39, 0.29) is 0 Å². The molecule has 2 fully saturated rings. The third kappa shape index (κ3) is 2.41. The largest absolute Gasteiger partial charge is 0.385 e. The van der Waals surface area contributed by atoms with Crippen molar-refractivity contribution >= 4 is 10.2 Å². The summed E-state index contributed by atoms with van der Waals surface area (Å²) in [5.74, 6) is 2.14. The summed E-state index contributed by atoms with van der Waals surface area (Å²) >= 11 is 0. The Hall–Kier alpha value is -0.603. The Labute approximate surface area is 119 Å². The van der Waals surface area contributed by atoms with Crippen molar-refractivity contribution in [3.05, 3.63) is 35.4 Å². The van der Waals surface area contributed by atoms with Gasteiger partial charge in [-0.3, -0.25) is 0 Å². The van der Waals surface area contributed by atoms with Crippen LogP contribution in [0.15, 0.2) is 24.3 Å². The highest BCUT2D eigenvalue weighted by molar-refractivity contribution is 6.08. The maximum Gasteiger partial charge on any atom is 0.0899 e. The molecule has 4 atom stereocenters. The van der Waals surface area contributed by atoms with Crippen LogP contribution in [0.5, 0.6) is 0 Å². The molecule has 0 amide bonds. The van der Waals surface area contributed by atoms with Crippen LogP contribution in [0.4, 0.5) is 0 Å². The van der Waals surface area contributed by atoms with Gasteiger partial charge in [0.2, 0.25) is 0 Å². The van der Waals surface area contributed by atoms with E-state index in [0.29, 0.717) is 5.92 Å². The molecule has 0 aromatic heterocycles. The SMILES string of the molecule is CC(O)(c1ccc(CC[SiH3])cc1)C1CC2CCC1C2. The summed E-state index contributed by atoms with van der Waals surface area (Å²) in [7, 11) is 1.27. The molecule has 0 spiro atoms. The summed E-state index contributed by atoms with van der Waals surface area (Å²) in [5.41, 5.74) is 1.92. The third-order valence-electron chi connectivity index (χ3n) is 5.54. The fourth-order valence-corrected chi connectivity index (χ4v) is 5.02. The van der Waals surface area contributed by atoms with E-state index in [1.54, 1.807) is 0 Å². The second-order valence-corrected chi connectivity index (χ2v) is 7.88. The maximum atomic E-state index is 11.0. The van der Waals surface area contributed by atoms with E-state index in [9.17, 15) is 5.11 Å². The zero-order valence-corrected chi connectivity index (χ0v) is 14.2.